The molecule has 0 spiro atoms. The van der Waals surface area contributed by atoms with E-state index < -0.39 is 0 Å². The molecule has 3 rings (SSSR count). The Kier molecular flexibility index (Phi) is 2.44. The van der Waals surface area contributed by atoms with Crippen molar-refractivity contribution in [2.45, 2.75) is 19.3 Å². The predicted octanol–water partition coefficient (Wildman–Crippen LogP) is 1.96. The number of aldehydes is 1. The number of pyridine rings is 1. The van der Waals surface area contributed by atoms with E-state index in [0.29, 0.717) is 12.3 Å². The van der Waals surface area contributed by atoms with E-state index in [9.17, 15) is 4.79 Å². The predicted molar refractivity (Wildman–Crippen MR) is 63.5 cm³/mol. The van der Waals surface area contributed by atoms with Crippen molar-refractivity contribution in [2.75, 3.05) is 13.2 Å². The highest BCUT2D eigenvalue weighted by molar-refractivity contribution is 5.77. The van der Waals surface area contributed by atoms with Gasteiger partial charge in [-0.2, -0.15) is 0 Å². The lowest BCUT2D eigenvalue weighted by atomic mass is 10.0. The summed E-state index contributed by atoms with van der Waals surface area (Å²) in [6, 6.07) is 3.95. The third-order valence-corrected chi connectivity index (χ3v) is 3.26. The molecule has 0 bridgehead atoms. The van der Waals surface area contributed by atoms with E-state index in [1.807, 2.05) is 29.7 Å². The van der Waals surface area contributed by atoms with Crippen molar-refractivity contribution < 1.29 is 9.53 Å². The van der Waals surface area contributed by atoms with Crippen molar-refractivity contribution >= 4 is 11.9 Å². The van der Waals surface area contributed by atoms with Gasteiger partial charge in [-0.3, -0.25) is 9.20 Å². The van der Waals surface area contributed by atoms with Gasteiger partial charge < -0.3 is 4.74 Å². The summed E-state index contributed by atoms with van der Waals surface area (Å²) in [7, 11) is 0. The summed E-state index contributed by atoms with van der Waals surface area (Å²) >= 11 is 0. The number of aryl methyl sites for hydroxylation is 1. The lowest BCUT2D eigenvalue weighted by Gasteiger charge is -2.03. The summed E-state index contributed by atoms with van der Waals surface area (Å²) in [5.41, 5.74) is 3.49. The minimum Gasteiger partial charge on any atom is -0.381 e. The molecule has 0 N–H and O–H groups in total. The second-order valence-corrected chi connectivity index (χ2v) is 4.50. The van der Waals surface area contributed by atoms with Gasteiger partial charge in [0, 0.05) is 18.7 Å². The zero-order valence-corrected chi connectivity index (χ0v) is 9.72. The Morgan fingerprint density at radius 1 is 1.53 bits per heavy atom. The van der Waals surface area contributed by atoms with Gasteiger partial charge in [0.15, 0.2) is 6.29 Å². The summed E-state index contributed by atoms with van der Waals surface area (Å²) in [4.78, 5) is 15.8. The fourth-order valence-corrected chi connectivity index (χ4v) is 2.36. The fraction of sp³-hybridized carbons (Fsp3) is 0.385. The second kappa shape index (κ2) is 3.96. The van der Waals surface area contributed by atoms with Crippen LogP contribution in [0.5, 0.6) is 0 Å². The summed E-state index contributed by atoms with van der Waals surface area (Å²) in [6.45, 7) is 3.44. The Bertz CT molecular complexity index is 568. The SMILES string of the molecule is Cc1ccc2nc(C3CCOC3)c(C=O)n2c1. The first-order valence-corrected chi connectivity index (χ1v) is 5.81. The normalized spacial score (nSPS) is 19.9. The van der Waals surface area contributed by atoms with Gasteiger partial charge in [-0.1, -0.05) is 6.07 Å². The van der Waals surface area contributed by atoms with Crippen LogP contribution < -0.4 is 0 Å². The molecule has 0 aliphatic carbocycles. The van der Waals surface area contributed by atoms with E-state index in [-0.39, 0.29) is 5.92 Å². The smallest absolute Gasteiger partial charge is 0.168 e. The van der Waals surface area contributed by atoms with Crippen LogP contribution in [0.3, 0.4) is 0 Å². The maximum atomic E-state index is 11.3. The van der Waals surface area contributed by atoms with Gasteiger partial charge in [-0.05, 0) is 25.0 Å². The van der Waals surface area contributed by atoms with Gasteiger partial charge >= 0.3 is 0 Å². The van der Waals surface area contributed by atoms with Crippen LogP contribution in [-0.2, 0) is 4.74 Å². The zero-order chi connectivity index (χ0) is 11.8. The van der Waals surface area contributed by atoms with E-state index in [2.05, 4.69) is 4.98 Å². The number of fused-ring (bicyclic) bond motifs is 1. The average Bonchev–Trinajstić information content (AvgIpc) is 2.94. The van der Waals surface area contributed by atoms with E-state index >= 15 is 0 Å². The molecule has 0 aromatic carbocycles. The quantitative estimate of drug-likeness (QED) is 0.741. The molecule has 1 atom stereocenters. The highest BCUT2D eigenvalue weighted by Crippen LogP contribution is 2.27. The van der Waals surface area contributed by atoms with Crippen molar-refractivity contribution in [3.8, 4) is 0 Å². The average molecular weight is 230 g/mol. The van der Waals surface area contributed by atoms with E-state index in [0.717, 1.165) is 36.2 Å². The molecule has 2 aromatic rings. The molecule has 4 heteroatoms. The monoisotopic (exact) mass is 230 g/mol. The van der Waals surface area contributed by atoms with Crippen LogP contribution in [-0.4, -0.2) is 28.9 Å². The van der Waals surface area contributed by atoms with Crippen molar-refractivity contribution in [1.29, 1.82) is 0 Å². The van der Waals surface area contributed by atoms with Crippen LogP contribution in [0.25, 0.3) is 5.65 Å². The van der Waals surface area contributed by atoms with Gasteiger partial charge in [0.2, 0.25) is 0 Å². The molecular weight excluding hydrogens is 216 g/mol. The van der Waals surface area contributed by atoms with Crippen molar-refractivity contribution in [3.63, 3.8) is 0 Å². The third-order valence-electron chi connectivity index (χ3n) is 3.26. The Balaban J connectivity index is 2.20. The highest BCUT2D eigenvalue weighted by atomic mass is 16.5. The number of carbonyl (C=O) groups is 1. The standard InChI is InChI=1S/C13H14N2O2/c1-9-2-3-12-14-13(10-4-5-17-8-10)11(7-16)15(12)6-9/h2-3,6-7,10H,4-5,8H2,1H3. The molecule has 1 aliphatic heterocycles. The first-order valence-electron chi connectivity index (χ1n) is 5.81. The molecule has 0 saturated carbocycles. The Hall–Kier alpha value is -1.68. The molecule has 88 valence electrons. The van der Waals surface area contributed by atoms with Crippen LogP contribution in [0.4, 0.5) is 0 Å². The zero-order valence-electron chi connectivity index (χ0n) is 9.72. The topological polar surface area (TPSA) is 43.6 Å². The number of hydrogen-bond donors (Lipinski definition) is 0. The molecular formula is C13H14N2O2. The molecule has 4 nitrogen and oxygen atoms in total. The van der Waals surface area contributed by atoms with Gasteiger partial charge in [0.25, 0.3) is 0 Å². The van der Waals surface area contributed by atoms with Crippen LogP contribution in [0.1, 0.15) is 34.1 Å². The van der Waals surface area contributed by atoms with Crippen molar-refractivity contribution in [1.82, 2.24) is 9.38 Å². The lowest BCUT2D eigenvalue weighted by molar-refractivity contribution is 0.111. The van der Waals surface area contributed by atoms with Crippen LogP contribution in [0.2, 0.25) is 0 Å². The molecule has 17 heavy (non-hydrogen) atoms. The van der Waals surface area contributed by atoms with Crippen LogP contribution >= 0.6 is 0 Å². The molecule has 0 amide bonds. The summed E-state index contributed by atoms with van der Waals surface area (Å²) in [5.74, 6) is 0.260. The Morgan fingerprint density at radius 3 is 3.12 bits per heavy atom. The number of rotatable bonds is 2. The van der Waals surface area contributed by atoms with Crippen molar-refractivity contribution in [3.05, 3.63) is 35.3 Å². The number of aromatic nitrogens is 2. The highest BCUT2D eigenvalue weighted by Gasteiger charge is 2.24. The van der Waals surface area contributed by atoms with Gasteiger partial charge in [0.05, 0.1) is 12.3 Å². The summed E-state index contributed by atoms with van der Waals surface area (Å²) in [5, 5.41) is 0. The lowest BCUT2D eigenvalue weighted by Crippen LogP contribution is -2.02. The van der Waals surface area contributed by atoms with E-state index in [1.165, 1.54) is 0 Å². The first kappa shape index (κ1) is 10.5. The largest absolute Gasteiger partial charge is 0.381 e. The molecule has 2 aromatic heterocycles. The number of nitrogens with zero attached hydrogens (tertiary/aromatic N) is 2. The molecule has 3 heterocycles. The van der Waals surface area contributed by atoms with Gasteiger partial charge in [0.1, 0.15) is 11.3 Å². The van der Waals surface area contributed by atoms with E-state index in [4.69, 9.17) is 4.74 Å². The number of ether oxygens (including phenoxy) is 1. The summed E-state index contributed by atoms with van der Waals surface area (Å²) < 4.78 is 7.24. The maximum Gasteiger partial charge on any atom is 0.168 e. The number of hydrogen-bond acceptors (Lipinski definition) is 3. The minimum atomic E-state index is 0.260. The Labute approximate surface area is 99.2 Å². The Morgan fingerprint density at radius 2 is 2.41 bits per heavy atom. The number of imidazole rings is 1. The fourth-order valence-electron chi connectivity index (χ4n) is 2.36. The van der Waals surface area contributed by atoms with Crippen LogP contribution in [0, 0.1) is 6.92 Å². The number of carbonyl (C=O) groups excluding carboxylic acids is 1. The minimum absolute atomic E-state index is 0.260. The molecule has 1 fully saturated rings. The molecule has 1 aliphatic rings. The second-order valence-electron chi connectivity index (χ2n) is 4.50. The molecule has 0 radical (unpaired) electrons. The van der Waals surface area contributed by atoms with Gasteiger partial charge in [-0.15, -0.1) is 0 Å². The molecule has 1 unspecified atom stereocenters. The van der Waals surface area contributed by atoms with E-state index in [1.54, 1.807) is 0 Å². The van der Waals surface area contributed by atoms with Gasteiger partial charge in [-0.25, -0.2) is 4.98 Å². The first-order chi connectivity index (χ1) is 8.29. The third kappa shape index (κ3) is 1.65. The van der Waals surface area contributed by atoms with Crippen LogP contribution in [0.15, 0.2) is 18.3 Å². The van der Waals surface area contributed by atoms with Crippen molar-refractivity contribution in [2.24, 2.45) is 0 Å². The summed E-state index contributed by atoms with van der Waals surface area (Å²) in [6.07, 6.45) is 3.79. The molecule has 1 saturated heterocycles. The maximum absolute atomic E-state index is 11.3.